The number of hydrogen-bond donors (Lipinski definition) is 1. The van der Waals surface area contributed by atoms with Crippen LogP contribution < -0.4 is 5.32 Å². The van der Waals surface area contributed by atoms with Gasteiger partial charge in [-0.05, 0) is 49.1 Å². The number of aromatic nitrogens is 3. The van der Waals surface area contributed by atoms with Crippen LogP contribution in [-0.2, 0) is 22.6 Å². The zero-order valence-corrected chi connectivity index (χ0v) is 20.3. The van der Waals surface area contributed by atoms with Crippen LogP contribution in [0.2, 0.25) is 0 Å². The van der Waals surface area contributed by atoms with Crippen LogP contribution in [0.3, 0.4) is 0 Å². The van der Waals surface area contributed by atoms with E-state index in [4.69, 9.17) is 4.74 Å². The van der Waals surface area contributed by atoms with Crippen molar-refractivity contribution in [2.24, 2.45) is 0 Å². The van der Waals surface area contributed by atoms with Crippen molar-refractivity contribution >= 4 is 17.7 Å². The van der Waals surface area contributed by atoms with Gasteiger partial charge in [0.15, 0.2) is 5.16 Å². The standard InChI is InChI=1S/C25H31N5O2S/c1-18-7-8-19(2)23(13-18)30-20(3)27-28-25(30)33-17-24(31)26-15-21-5-4-6-22(14-21)16-29-9-11-32-12-10-29/h4-8,13-14H,9-12,15-17H2,1-3H3,(H,26,31). The summed E-state index contributed by atoms with van der Waals surface area (Å²) in [5, 5.41) is 12.3. The number of benzene rings is 2. The predicted octanol–water partition coefficient (Wildman–Crippen LogP) is 3.43. The van der Waals surface area contributed by atoms with Crippen LogP contribution in [0.15, 0.2) is 47.6 Å². The van der Waals surface area contributed by atoms with E-state index in [1.54, 1.807) is 0 Å². The molecule has 1 saturated heterocycles. The second-order valence-electron chi connectivity index (χ2n) is 8.43. The van der Waals surface area contributed by atoms with Crippen molar-refractivity contribution in [2.75, 3.05) is 32.1 Å². The zero-order valence-electron chi connectivity index (χ0n) is 19.5. The molecule has 2 aromatic carbocycles. The first kappa shape index (κ1) is 23.5. The minimum atomic E-state index is -0.0215. The van der Waals surface area contributed by atoms with E-state index in [1.165, 1.54) is 22.9 Å². The first-order valence-corrected chi connectivity index (χ1v) is 12.3. The molecule has 0 atom stereocenters. The van der Waals surface area contributed by atoms with Crippen LogP contribution in [-0.4, -0.2) is 57.6 Å². The first-order chi connectivity index (χ1) is 16.0. The molecule has 0 radical (unpaired) electrons. The van der Waals surface area contributed by atoms with E-state index in [2.05, 4.69) is 76.7 Å². The third-order valence-corrected chi connectivity index (χ3v) is 6.65. The molecule has 0 saturated carbocycles. The maximum atomic E-state index is 12.6. The van der Waals surface area contributed by atoms with E-state index in [0.29, 0.717) is 6.54 Å². The average molecular weight is 466 g/mol. The molecule has 33 heavy (non-hydrogen) atoms. The summed E-state index contributed by atoms with van der Waals surface area (Å²) in [5.74, 6) is 1.08. The fourth-order valence-electron chi connectivity index (χ4n) is 3.91. The minimum Gasteiger partial charge on any atom is -0.379 e. The summed E-state index contributed by atoms with van der Waals surface area (Å²) in [6, 6.07) is 14.7. The number of nitrogens with zero attached hydrogens (tertiary/aromatic N) is 4. The van der Waals surface area contributed by atoms with E-state index in [0.717, 1.165) is 60.6 Å². The molecule has 8 heteroatoms. The van der Waals surface area contributed by atoms with Gasteiger partial charge in [0.05, 0.1) is 24.7 Å². The largest absolute Gasteiger partial charge is 0.379 e. The summed E-state index contributed by atoms with van der Waals surface area (Å²) >= 11 is 1.41. The number of hydrogen-bond acceptors (Lipinski definition) is 6. The molecule has 1 aliphatic rings. The Hall–Kier alpha value is -2.68. The second-order valence-corrected chi connectivity index (χ2v) is 9.37. The molecular weight excluding hydrogens is 434 g/mol. The second kappa shape index (κ2) is 11.0. The maximum Gasteiger partial charge on any atom is 0.230 e. The normalized spacial score (nSPS) is 14.4. The van der Waals surface area contributed by atoms with Gasteiger partial charge in [-0.2, -0.15) is 0 Å². The number of ether oxygens (including phenoxy) is 1. The third-order valence-electron chi connectivity index (χ3n) is 5.72. The van der Waals surface area contributed by atoms with E-state index in [1.807, 2.05) is 11.5 Å². The highest BCUT2D eigenvalue weighted by Crippen LogP contribution is 2.24. The predicted molar refractivity (Wildman–Crippen MR) is 131 cm³/mol. The van der Waals surface area contributed by atoms with Crippen molar-refractivity contribution in [3.63, 3.8) is 0 Å². The van der Waals surface area contributed by atoms with E-state index >= 15 is 0 Å². The fraction of sp³-hybridized carbons (Fsp3) is 0.400. The molecule has 0 bridgehead atoms. The van der Waals surface area contributed by atoms with Crippen LogP contribution >= 0.6 is 11.8 Å². The smallest absolute Gasteiger partial charge is 0.230 e. The monoisotopic (exact) mass is 465 g/mol. The Morgan fingerprint density at radius 1 is 1.06 bits per heavy atom. The highest BCUT2D eigenvalue weighted by Gasteiger charge is 2.15. The van der Waals surface area contributed by atoms with Crippen LogP contribution in [0.4, 0.5) is 0 Å². The van der Waals surface area contributed by atoms with Gasteiger partial charge in [-0.1, -0.05) is 48.2 Å². The molecule has 1 fully saturated rings. The Morgan fingerprint density at radius 2 is 1.85 bits per heavy atom. The molecule has 1 amide bonds. The Kier molecular flexibility index (Phi) is 7.80. The number of carbonyl (C=O) groups is 1. The van der Waals surface area contributed by atoms with Crippen LogP contribution in [0.5, 0.6) is 0 Å². The number of nitrogens with one attached hydrogen (secondary N) is 1. The number of carbonyl (C=O) groups excluding carboxylic acids is 1. The summed E-state index contributed by atoms with van der Waals surface area (Å²) in [6.07, 6.45) is 0. The van der Waals surface area contributed by atoms with Gasteiger partial charge in [-0.15, -0.1) is 10.2 Å². The Labute approximate surface area is 199 Å². The van der Waals surface area contributed by atoms with Crippen LogP contribution in [0.25, 0.3) is 5.69 Å². The number of rotatable bonds is 8. The molecule has 4 rings (SSSR count). The lowest BCUT2D eigenvalue weighted by Crippen LogP contribution is -2.35. The van der Waals surface area contributed by atoms with Crippen LogP contribution in [0.1, 0.15) is 28.1 Å². The fourth-order valence-corrected chi connectivity index (χ4v) is 4.73. The molecule has 3 aromatic rings. The Bertz CT molecular complexity index is 1110. The number of aryl methyl sites for hydroxylation is 3. The van der Waals surface area contributed by atoms with Crippen LogP contribution in [0, 0.1) is 20.8 Å². The Morgan fingerprint density at radius 3 is 2.67 bits per heavy atom. The van der Waals surface area contributed by atoms with Crippen molar-refractivity contribution < 1.29 is 9.53 Å². The molecule has 174 valence electrons. The summed E-state index contributed by atoms with van der Waals surface area (Å²) in [4.78, 5) is 15.0. The van der Waals surface area contributed by atoms with Gasteiger partial charge in [0.2, 0.25) is 5.91 Å². The lowest BCUT2D eigenvalue weighted by Gasteiger charge is -2.26. The molecular formula is C25H31N5O2S. The Balaban J connectivity index is 1.33. The van der Waals surface area contributed by atoms with Crippen molar-refractivity contribution in [1.29, 1.82) is 0 Å². The first-order valence-electron chi connectivity index (χ1n) is 11.3. The molecule has 7 nitrogen and oxygen atoms in total. The van der Waals surface area contributed by atoms with Gasteiger partial charge < -0.3 is 10.1 Å². The van der Waals surface area contributed by atoms with Gasteiger partial charge >= 0.3 is 0 Å². The van der Waals surface area contributed by atoms with Crippen molar-refractivity contribution in [3.8, 4) is 5.69 Å². The maximum absolute atomic E-state index is 12.6. The summed E-state index contributed by atoms with van der Waals surface area (Å²) in [5.41, 5.74) is 5.74. The lowest BCUT2D eigenvalue weighted by atomic mass is 10.1. The quantitative estimate of drug-likeness (QED) is 0.514. The summed E-state index contributed by atoms with van der Waals surface area (Å²) in [7, 11) is 0. The lowest BCUT2D eigenvalue weighted by molar-refractivity contribution is -0.118. The van der Waals surface area contributed by atoms with Crippen molar-refractivity contribution in [2.45, 2.75) is 39.0 Å². The SMILES string of the molecule is Cc1ccc(C)c(-n2c(C)nnc2SCC(=O)NCc2cccc(CN3CCOCC3)c2)c1. The topological polar surface area (TPSA) is 72.3 Å². The molecule has 0 unspecified atom stereocenters. The molecule has 2 heterocycles. The third kappa shape index (κ3) is 6.22. The minimum absolute atomic E-state index is 0.0215. The van der Waals surface area contributed by atoms with Gasteiger partial charge in [0.1, 0.15) is 5.82 Å². The number of amides is 1. The zero-order chi connectivity index (χ0) is 23.2. The van der Waals surface area contributed by atoms with E-state index < -0.39 is 0 Å². The van der Waals surface area contributed by atoms with E-state index in [9.17, 15) is 4.79 Å². The van der Waals surface area contributed by atoms with Crippen molar-refractivity contribution in [1.82, 2.24) is 25.0 Å². The molecule has 1 aromatic heterocycles. The number of morpholine rings is 1. The molecule has 0 spiro atoms. The van der Waals surface area contributed by atoms with Gasteiger partial charge in [0.25, 0.3) is 0 Å². The molecule has 0 aliphatic carbocycles. The molecule has 1 N–H and O–H groups in total. The van der Waals surface area contributed by atoms with E-state index in [-0.39, 0.29) is 11.7 Å². The van der Waals surface area contributed by atoms with Gasteiger partial charge in [0, 0.05) is 26.2 Å². The highest BCUT2D eigenvalue weighted by atomic mass is 32.2. The molecule has 1 aliphatic heterocycles. The summed E-state index contributed by atoms with van der Waals surface area (Å²) in [6.45, 7) is 11.0. The number of thioether (sulfide) groups is 1. The van der Waals surface area contributed by atoms with Gasteiger partial charge in [-0.3, -0.25) is 14.3 Å². The van der Waals surface area contributed by atoms with Gasteiger partial charge in [-0.25, -0.2) is 0 Å². The average Bonchev–Trinajstić information content (AvgIpc) is 3.19. The van der Waals surface area contributed by atoms with Crippen molar-refractivity contribution in [3.05, 3.63) is 70.5 Å². The highest BCUT2D eigenvalue weighted by molar-refractivity contribution is 7.99. The summed E-state index contributed by atoms with van der Waals surface area (Å²) < 4.78 is 7.45.